The number of nitriles is 1. The molecule has 0 aliphatic carbocycles. The maximum atomic E-state index is 9.00. The van der Waals surface area contributed by atoms with Crippen molar-refractivity contribution in [2.45, 2.75) is 169 Å². The van der Waals surface area contributed by atoms with Crippen molar-refractivity contribution in [2.24, 2.45) is 0 Å². The summed E-state index contributed by atoms with van der Waals surface area (Å²) in [4.78, 5) is 0. The molecular formula is C37H67N2O4P. The number of ether oxygens (including phenoxy) is 2. The third kappa shape index (κ3) is 22.4. The van der Waals surface area contributed by atoms with Crippen LogP contribution in [-0.4, -0.2) is 49.3 Å². The van der Waals surface area contributed by atoms with Crippen LogP contribution in [-0.2, 0) is 25.1 Å². The average molecular weight is 635 g/mol. The fraction of sp³-hybridized carbons (Fsp3) is 0.811. The van der Waals surface area contributed by atoms with E-state index in [4.69, 9.17) is 23.8 Å². The van der Waals surface area contributed by atoms with Gasteiger partial charge in [0.25, 0.3) is 8.53 Å². The van der Waals surface area contributed by atoms with Gasteiger partial charge >= 0.3 is 0 Å². The number of unbranched alkanes of at least 4 members (excludes halogenated alkanes) is 15. The lowest BCUT2D eigenvalue weighted by atomic mass is 10.0. The Hall–Kier alpha value is -1.06. The molecule has 2 atom stereocenters. The second-order valence-electron chi connectivity index (χ2n) is 12.6. The molecule has 1 rings (SSSR count). The van der Waals surface area contributed by atoms with Gasteiger partial charge in [-0.3, -0.25) is 0 Å². The fourth-order valence-electron chi connectivity index (χ4n) is 5.36. The van der Waals surface area contributed by atoms with E-state index in [0.29, 0.717) is 32.8 Å². The summed E-state index contributed by atoms with van der Waals surface area (Å²) in [6, 6.07) is 12.9. The van der Waals surface area contributed by atoms with Crippen molar-refractivity contribution < 1.29 is 18.5 Å². The van der Waals surface area contributed by atoms with Gasteiger partial charge in [-0.15, -0.1) is 0 Å². The zero-order valence-corrected chi connectivity index (χ0v) is 30.0. The number of hydrogen-bond donors (Lipinski definition) is 0. The summed E-state index contributed by atoms with van der Waals surface area (Å²) in [6.07, 6.45) is 22.0. The molecule has 0 saturated carbocycles. The number of hydrogen-bond acceptors (Lipinski definition) is 6. The molecule has 0 heterocycles. The molecule has 0 N–H and O–H groups in total. The minimum atomic E-state index is -1.31. The molecule has 7 heteroatoms. The standard InChI is InChI=1S/C37H67N2O4P/c1-6-7-8-9-10-11-12-13-14-15-16-17-18-19-20-24-29-40-32-37(41-31-36-26-22-21-23-27-36)33-43-44(42-30-25-28-38)39(34(2)3)35(4)5/h21-23,26-27,34-35,37H,6-20,24-25,29-33H2,1-5H3/t37-,44?/m1/s1. The van der Waals surface area contributed by atoms with Crippen LogP contribution in [0.2, 0.25) is 0 Å². The Morgan fingerprint density at radius 2 is 1.20 bits per heavy atom. The highest BCUT2D eigenvalue weighted by Crippen LogP contribution is 2.46. The van der Waals surface area contributed by atoms with E-state index in [-0.39, 0.29) is 18.2 Å². The molecule has 44 heavy (non-hydrogen) atoms. The fourth-order valence-corrected chi connectivity index (χ4v) is 7.00. The molecule has 1 unspecified atom stereocenters. The molecule has 254 valence electrons. The molecule has 0 fully saturated rings. The van der Waals surface area contributed by atoms with Gasteiger partial charge in [-0.25, -0.2) is 4.67 Å². The third-order valence-corrected chi connectivity index (χ3v) is 9.88. The second-order valence-corrected chi connectivity index (χ2v) is 14.1. The predicted molar refractivity (Wildman–Crippen MR) is 187 cm³/mol. The summed E-state index contributed by atoms with van der Waals surface area (Å²) in [5, 5.41) is 9.00. The van der Waals surface area contributed by atoms with Crippen LogP contribution in [0.4, 0.5) is 0 Å². The lowest BCUT2D eigenvalue weighted by Crippen LogP contribution is -2.35. The first-order chi connectivity index (χ1) is 21.5. The van der Waals surface area contributed by atoms with E-state index in [2.05, 4.69) is 57.5 Å². The summed E-state index contributed by atoms with van der Waals surface area (Å²) < 4.78 is 27.1. The van der Waals surface area contributed by atoms with Crippen LogP contribution < -0.4 is 0 Å². The Labute approximate surface area is 273 Å². The maximum Gasteiger partial charge on any atom is 0.259 e. The highest BCUT2D eigenvalue weighted by molar-refractivity contribution is 7.44. The van der Waals surface area contributed by atoms with E-state index in [1.807, 2.05) is 18.2 Å². The molecule has 0 aliphatic heterocycles. The summed E-state index contributed by atoms with van der Waals surface area (Å²) in [7, 11) is -1.31. The zero-order chi connectivity index (χ0) is 32.1. The number of benzene rings is 1. The van der Waals surface area contributed by atoms with Crippen LogP contribution in [0.5, 0.6) is 0 Å². The minimum Gasteiger partial charge on any atom is -0.379 e. The van der Waals surface area contributed by atoms with E-state index in [1.165, 1.54) is 96.3 Å². The zero-order valence-electron chi connectivity index (χ0n) is 29.1. The van der Waals surface area contributed by atoms with Gasteiger partial charge < -0.3 is 18.5 Å². The van der Waals surface area contributed by atoms with E-state index in [1.54, 1.807) is 0 Å². The normalized spacial score (nSPS) is 13.2. The quantitative estimate of drug-likeness (QED) is 0.0598. The molecule has 0 aliphatic rings. The van der Waals surface area contributed by atoms with E-state index >= 15 is 0 Å². The van der Waals surface area contributed by atoms with Gasteiger partial charge in [-0.1, -0.05) is 134 Å². The van der Waals surface area contributed by atoms with Crippen molar-refractivity contribution in [1.82, 2.24) is 4.67 Å². The molecule has 0 saturated heterocycles. The van der Waals surface area contributed by atoms with Crippen molar-refractivity contribution in [2.75, 3.05) is 26.4 Å². The van der Waals surface area contributed by atoms with Gasteiger partial charge in [0.1, 0.15) is 6.10 Å². The monoisotopic (exact) mass is 634 g/mol. The summed E-state index contributed by atoms with van der Waals surface area (Å²) in [5.74, 6) is 0. The first kappa shape index (κ1) is 41.0. The number of nitrogens with zero attached hydrogens (tertiary/aromatic N) is 2. The molecule has 0 bridgehead atoms. The van der Waals surface area contributed by atoms with Crippen LogP contribution in [0.3, 0.4) is 0 Å². The Balaban J connectivity index is 2.31. The van der Waals surface area contributed by atoms with Crippen molar-refractivity contribution in [3.8, 4) is 6.07 Å². The van der Waals surface area contributed by atoms with Crippen molar-refractivity contribution in [1.29, 1.82) is 5.26 Å². The Morgan fingerprint density at radius 1 is 0.682 bits per heavy atom. The van der Waals surface area contributed by atoms with Crippen LogP contribution in [0.25, 0.3) is 0 Å². The van der Waals surface area contributed by atoms with Gasteiger partial charge in [0.15, 0.2) is 0 Å². The second kappa shape index (κ2) is 29.3. The minimum absolute atomic E-state index is 0.193. The third-order valence-electron chi connectivity index (χ3n) is 7.81. The van der Waals surface area contributed by atoms with E-state index in [0.717, 1.165) is 18.6 Å². The van der Waals surface area contributed by atoms with E-state index in [9.17, 15) is 0 Å². The summed E-state index contributed by atoms with van der Waals surface area (Å²) in [6.45, 7) is 13.4. The average Bonchev–Trinajstić information content (AvgIpc) is 3.01. The van der Waals surface area contributed by atoms with Crippen LogP contribution in [0.15, 0.2) is 30.3 Å². The highest BCUT2D eigenvalue weighted by Gasteiger charge is 2.28. The Kier molecular flexibility index (Phi) is 27.3. The van der Waals surface area contributed by atoms with Gasteiger partial charge in [0.2, 0.25) is 0 Å². The maximum absolute atomic E-state index is 9.00. The topological polar surface area (TPSA) is 64.0 Å². The molecule has 6 nitrogen and oxygen atoms in total. The largest absolute Gasteiger partial charge is 0.379 e. The lowest BCUT2D eigenvalue weighted by Gasteiger charge is -2.36. The first-order valence-corrected chi connectivity index (χ1v) is 19.1. The molecule has 0 spiro atoms. The SMILES string of the molecule is CCCCCCCCCCCCCCCCCCOC[C@H](COP(OCCC#N)N(C(C)C)C(C)C)OCc1ccccc1. The number of rotatable bonds is 31. The smallest absolute Gasteiger partial charge is 0.259 e. The lowest BCUT2D eigenvalue weighted by molar-refractivity contribution is -0.0476. The highest BCUT2D eigenvalue weighted by atomic mass is 31.2. The van der Waals surface area contributed by atoms with Crippen LogP contribution in [0.1, 0.15) is 149 Å². The Morgan fingerprint density at radius 3 is 1.70 bits per heavy atom. The summed E-state index contributed by atoms with van der Waals surface area (Å²) >= 11 is 0. The molecular weight excluding hydrogens is 567 g/mol. The van der Waals surface area contributed by atoms with Crippen molar-refractivity contribution in [3.63, 3.8) is 0 Å². The molecule has 0 aromatic heterocycles. The first-order valence-electron chi connectivity index (χ1n) is 17.9. The van der Waals surface area contributed by atoms with Crippen molar-refractivity contribution >= 4 is 8.53 Å². The molecule has 0 radical (unpaired) electrons. The van der Waals surface area contributed by atoms with Crippen LogP contribution >= 0.6 is 8.53 Å². The van der Waals surface area contributed by atoms with Gasteiger partial charge in [0.05, 0.1) is 38.9 Å². The van der Waals surface area contributed by atoms with E-state index < -0.39 is 8.53 Å². The molecule has 0 amide bonds. The summed E-state index contributed by atoms with van der Waals surface area (Å²) in [5.41, 5.74) is 1.13. The van der Waals surface area contributed by atoms with Gasteiger partial charge in [0, 0.05) is 18.7 Å². The molecule has 1 aromatic rings. The molecule has 1 aromatic carbocycles. The predicted octanol–water partition coefficient (Wildman–Crippen LogP) is 11.1. The van der Waals surface area contributed by atoms with Crippen molar-refractivity contribution in [3.05, 3.63) is 35.9 Å². The van der Waals surface area contributed by atoms with Crippen LogP contribution in [0, 0.1) is 11.3 Å². The van der Waals surface area contributed by atoms with Gasteiger partial charge in [-0.05, 0) is 39.7 Å². The Bertz CT molecular complexity index is 781. The van der Waals surface area contributed by atoms with Gasteiger partial charge in [-0.2, -0.15) is 5.26 Å².